The summed E-state index contributed by atoms with van der Waals surface area (Å²) in [6, 6.07) is 4.93. The summed E-state index contributed by atoms with van der Waals surface area (Å²) < 4.78 is 16.4. The van der Waals surface area contributed by atoms with E-state index < -0.39 is 12.0 Å². The minimum Gasteiger partial charge on any atom is -0.507 e. The highest BCUT2D eigenvalue weighted by Gasteiger charge is 2.30. The molecule has 11 heteroatoms. The molecule has 1 fully saturated rings. The third-order valence-corrected chi connectivity index (χ3v) is 6.11. The molecule has 3 unspecified atom stereocenters. The average molecular weight is 516 g/mol. The van der Waals surface area contributed by atoms with Crippen LogP contribution in [-0.2, 0) is 9.53 Å². The van der Waals surface area contributed by atoms with Crippen molar-refractivity contribution in [2.24, 2.45) is 4.99 Å². The lowest BCUT2D eigenvalue weighted by molar-refractivity contribution is -0.118. The van der Waals surface area contributed by atoms with Crippen molar-refractivity contribution in [2.45, 2.75) is 77.5 Å². The number of hydrogen-bond donors (Lipinski definition) is 4. The van der Waals surface area contributed by atoms with Crippen LogP contribution in [-0.4, -0.2) is 65.4 Å². The highest BCUT2D eigenvalue weighted by Crippen LogP contribution is 2.36. The minimum atomic E-state index is -0.414. The van der Waals surface area contributed by atoms with Gasteiger partial charge in [0.25, 0.3) is 5.91 Å². The first-order chi connectivity index (χ1) is 17.7. The molecule has 2 amide bonds. The number of carbonyl (C=O) groups is 2. The number of aliphatic imine (C=N–C) groups is 1. The van der Waals surface area contributed by atoms with Crippen molar-refractivity contribution in [3.05, 3.63) is 29.5 Å². The van der Waals surface area contributed by atoms with Gasteiger partial charge in [0.1, 0.15) is 23.4 Å². The minimum absolute atomic E-state index is 0.0199. The van der Waals surface area contributed by atoms with E-state index in [4.69, 9.17) is 14.2 Å². The Labute approximate surface area is 217 Å². The number of nitrogens with zero attached hydrogens (tertiary/aromatic N) is 2. The molecule has 1 heterocycles. The Kier molecular flexibility index (Phi) is 9.76. The van der Waals surface area contributed by atoms with Crippen molar-refractivity contribution < 1.29 is 28.9 Å². The zero-order valence-electron chi connectivity index (χ0n) is 22.0. The zero-order chi connectivity index (χ0) is 26.9. The first kappa shape index (κ1) is 27.8. The summed E-state index contributed by atoms with van der Waals surface area (Å²) in [7, 11) is 1.48. The Morgan fingerprint density at radius 3 is 2.76 bits per heavy atom. The number of nitrogens with one attached hydrogen (secondary N) is 3. The number of carbonyl (C=O) groups excluding carboxylic acids is 2. The van der Waals surface area contributed by atoms with E-state index in [1.54, 1.807) is 18.3 Å². The Hall–Kier alpha value is -3.76. The maximum absolute atomic E-state index is 12.6. The average Bonchev–Trinajstić information content (AvgIpc) is 3.50. The number of aromatic nitrogens is 2. The van der Waals surface area contributed by atoms with Gasteiger partial charge in [-0.3, -0.25) is 14.9 Å². The van der Waals surface area contributed by atoms with E-state index in [2.05, 4.69) is 25.8 Å². The Morgan fingerprint density at radius 2 is 2.05 bits per heavy atom. The van der Waals surface area contributed by atoms with Crippen molar-refractivity contribution in [2.75, 3.05) is 19.0 Å². The lowest BCUT2D eigenvalue weighted by atomic mass is 10.0. The number of H-pyrrole nitrogens is 1. The van der Waals surface area contributed by atoms with E-state index in [9.17, 15) is 14.7 Å². The molecule has 0 saturated heterocycles. The fraction of sp³-hybridized carbons (Fsp3) is 0.538. The monoisotopic (exact) mass is 515 g/mol. The van der Waals surface area contributed by atoms with E-state index in [0.717, 1.165) is 25.0 Å². The predicted octanol–water partition coefficient (Wildman–Crippen LogP) is 4.13. The number of phenolic OH excluding ortho intramolecular Hbond substituents is 1. The number of aromatic hydroxyl groups is 1. The fourth-order valence-electron chi connectivity index (χ4n) is 3.94. The van der Waals surface area contributed by atoms with Crippen LogP contribution in [0.15, 0.2) is 23.2 Å². The summed E-state index contributed by atoms with van der Waals surface area (Å²) in [6.45, 7) is 7.44. The number of methoxy groups -OCH3 is 1. The van der Waals surface area contributed by atoms with Gasteiger partial charge in [-0.05, 0) is 46.5 Å². The molecule has 3 rings (SSSR count). The molecule has 1 aromatic carbocycles. The van der Waals surface area contributed by atoms with Gasteiger partial charge in [-0.2, -0.15) is 5.10 Å². The lowest BCUT2D eigenvalue weighted by Gasteiger charge is -2.14. The molecule has 4 N–H and O–H groups in total. The van der Waals surface area contributed by atoms with E-state index in [1.165, 1.54) is 13.2 Å². The molecule has 0 spiro atoms. The highest BCUT2D eigenvalue weighted by molar-refractivity contribution is 5.92. The van der Waals surface area contributed by atoms with E-state index in [-0.39, 0.29) is 42.2 Å². The van der Waals surface area contributed by atoms with Gasteiger partial charge < -0.3 is 30.0 Å². The number of anilines is 1. The molecule has 202 valence electrons. The molecule has 1 aliphatic carbocycles. The number of hydrogen-bond acceptors (Lipinski definition) is 8. The van der Waals surface area contributed by atoms with Crippen LogP contribution in [0.1, 0.15) is 70.6 Å². The first-order valence-corrected chi connectivity index (χ1v) is 12.6. The van der Waals surface area contributed by atoms with Gasteiger partial charge in [-0.1, -0.05) is 6.92 Å². The molecule has 2 aromatic rings. The molecule has 0 bridgehead atoms. The van der Waals surface area contributed by atoms with Crippen LogP contribution in [0.4, 0.5) is 10.6 Å². The van der Waals surface area contributed by atoms with Crippen LogP contribution < -0.4 is 20.1 Å². The maximum atomic E-state index is 12.6. The number of alkyl carbamates (subject to hydrolysis) is 1. The number of amides is 2. The summed E-state index contributed by atoms with van der Waals surface area (Å²) in [4.78, 5) is 28.8. The normalized spacial score (nSPS) is 18.1. The molecule has 0 aliphatic heterocycles. The van der Waals surface area contributed by atoms with Crippen molar-refractivity contribution in [1.29, 1.82) is 0 Å². The van der Waals surface area contributed by atoms with E-state index in [1.807, 2.05) is 27.7 Å². The Bertz CT molecular complexity index is 1100. The number of phenols is 1. The zero-order valence-corrected chi connectivity index (χ0v) is 22.0. The summed E-state index contributed by atoms with van der Waals surface area (Å²) in [5, 5.41) is 23.0. The molecular formula is C26H37N5O6. The van der Waals surface area contributed by atoms with Crippen molar-refractivity contribution >= 4 is 24.0 Å². The standard InChI is InChI=1S/C26H37N5O6/c1-6-16(4)27-13-20-22(32)10-19(35-5)11-23(20)36-14-25(33)29-24-12-21(30-31-24)17-7-8-18(9-17)37-26(34)28-15(2)3/h10-13,15-18,32H,6-9,14H2,1-5H3,(H,28,34)(H2,29,30,31,33). The van der Waals surface area contributed by atoms with Gasteiger partial charge in [0.2, 0.25) is 0 Å². The smallest absolute Gasteiger partial charge is 0.407 e. The molecule has 0 radical (unpaired) electrons. The lowest BCUT2D eigenvalue weighted by Crippen LogP contribution is -2.33. The maximum Gasteiger partial charge on any atom is 0.407 e. The van der Waals surface area contributed by atoms with Crippen LogP contribution in [0.3, 0.4) is 0 Å². The van der Waals surface area contributed by atoms with Gasteiger partial charge in [-0.15, -0.1) is 0 Å². The molecule has 11 nitrogen and oxygen atoms in total. The largest absolute Gasteiger partial charge is 0.507 e. The SMILES string of the molecule is CCC(C)N=Cc1c(O)cc(OC)cc1OCC(=O)Nc1cc(C2CCC(OC(=O)NC(C)C)C2)[nH]n1. The van der Waals surface area contributed by atoms with Gasteiger partial charge in [0.05, 0.1) is 12.7 Å². The second kappa shape index (κ2) is 13.0. The second-order valence-electron chi connectivity index (χ2n) is 9.48. The van der Waals surface area contributed by atoms with E-state index in [0.29, 0.717) is 23.6 Å². The predicted molar refractivity (Wildman–Crippen MR) is 140 cm³/mol. The fourth-order valence-corrected chi connectivity index (χ4v) is 3.94. The van der Waals surface area contributed by atoms with Crippen LogP contribution in [0.5, 0.6) is 17.2 Å². The van der Waals surface area contributed by atoms with Crippen molar-refractivity contribution in [3.8, 4) is 17.2 Å². The third kappa shape index (κ3) is 8.12. The molecule has 37 heavy (non-hydrogen) atoms. The Balaban J connectivity index is 1.56. The quantitative estimate of drug-likeness (QED) is 0.329. The number of ether oxygens (including phenoxy) is 3. The number of benzene rings is 1. The third-order valence-electron chi connectivity index (χ3n) is 6.11. The van der Waals surface area contributed by atoms with Crippen molar-refractivity contribution in [1.82, 2.24) is 15.5 Å². The van der Waals surface area contributed by atoms with Crippen LogP contribution >= 0.6 is 0 Å². The molecular weight excluding hydrogens is 478 g/mol. The highest BCUT2D eigenvalue weighted by atomic mass is 16.6. The van der Waals surface area contributed by atoms with Gasteiger partial charge in [-0.25, -0.2) is 4.79 Å². The second-order valence-corrected chi connectivity index (χ2v) is 9.48. The number of rotatable bonds is 11. The summed E-state index contributed by atoms with van der Waals surface area (Å²) in [6.07, 6.45) is 4.12. The molecule has 1 aromatic heterocycles. The topological polar surface area (TPSA) is 147 Å². The first-order valence-electron chi connectivity index (χ1n) is 12.6. The molecule has 1 saturated carbocycles. The summed E-state index contributed by atoms with van der Waals surface area (Å²) in [5.41, 5.74) is 1.24. The summed E-state index contributed by atoms with van der Waals surface area (Å²) >= 11 is 0. The van der Waals surface area contributed by atoms with Gasteiger partial charge in [0, 0.05) is 48.1 Å². The van der Waals surface area contributed by atoms with Crippen LogP contribution in [0, 0.1) is 0 Å². The summed E-state index contributed by atoms with van der Waals surface area (Å²) in [5.74, 6) is 0.727. The number of aromatic amines is 1. The van der Waals surface area contributed by atoms with Crippen molar-refractivity contribution in [3.63, 3.8) is 0 Å². The van der Waals surface area contributed by atoms with Gasteiger partial charge >= 0.3 is 6.09 Å². The molecule has 3 atom stereocenters. The van der Waals surface area contributed by atoms with Crippen LogP contribution in [0.2, 0.25) is 0 Å². The van der Waals surface area contributed by atoms with E-state index >= 15 is 0 Å². The van der Waals surface area contributed by atoms with Crippen LogP contribution in [0.25, 0.3) is 0 Å². The van der Waals surface area contributed by atoms with Gasteiger partial charge in [0.15, 0.2) is 12.4 Å². The molecule has 1 aliphatic rings. The Morgan fingerprint density at radius 1 is 1.27 bits per heavy atom.